The Labute approximate surface area is 189 Å². The Morgan fingerprint density at radius 1 is 1.32 bits per heavy atom. The van der Waals surface area contributed by atoms with Crippen LogP contribution >= 0.6 is 35.3 Å². The summed E-state index contributed by atoms with van der Waals surface area (Å²) in [6.07, 6.45) is 4.09. The highest BCUT2D eigenvalue weighted by atomic mass is 127. The smallest absolute Gasteiger partial charge is 0.191 e. The van der Waals surface area contributed by atoms with Crippen LogP contribution in [0, 0.1) is 6.92 Å². The van der Waals surface area contributed by atoms with Crippen LogP contribution in [0.1, 0.15) is 48.9 Å². The zero-order valence-electron chi connectivity index (χ0n) is 17.1. The van der Waals surface area contributed by atoms with E-state index in [1.54, 1.807) is 11.3 Å². The first kappa shape index (κ1) is 22.9. The zero-order chi connectivity index (χ0) is 19.2. The minimum absolute atomic E-state index is 0. The Balaban J connectivity index is 0.00000280. The van der Waals surface area contributed by atoms with Gasteiger partial charge in [-0.25, -0.2) is 9.97 Å². The molecule has 1 aliphatic rings. The van der Waals surface area contributed by atoms with Crippen LogP contribution in [-0.2, 0) is 6.54 Å². The molecule has 0 amide bonds. The van der Waals surface area contributed by atoms with Gasteiger partial charge in [-0.1, -0.05) is 19.9 Å². The molecule has 0 aromatic carbocycles. The van der Waals surface area contributed by atoms with Gasteiger partial charge in [0.05, 0.1) is 17.2 Å². The van der Waals surface area contributed by atoms with Crippen molar-refractivity contribution < 1.29 is 0 Å². The topological polar surface area (TPSA) is 65.4 Å². The molecule has 0 atom stereocenters. The average Bonchev–Trinajstić information content (AvgIpc) is 3.16. The summed E-state index contributed by atoms with van der Waals surface area (Å²) in [6, 6.07) is 4.67. The van der Waals surface area contributed by atoms with Crippen LogP contribution < -0.4 is 15.5 Å². The van der Waals surface area contributed by atoms with Crippen molar-refractivity contribution in [3.8, 4) is 0 Å². The van der Waals surface area contributed by atoms with Crippen molar-refractivity contribution in [1.29, 1.82) is 0 Å². The number of thiazole rings is 1. The third-order valence-corrected chi connectivity index (χ3v) is 5.97. The number of piperidine rings is 1. The van der Waals surface area contributed by atoms with Gasteiger partial charge in [0.1, 0.15) is 5.82 Å². The molecule has 1 aliphatic heterocycles. The number of guanidine groups is 1. The van der Waals surface area contributed by atoms with Crippen LogP contribution in [0.2, 0.25) is 0 Å². The first-order chi connectivity index (χ1) is 13.0. The van der Waals surface area contributed by atoms with Crippen molar-refractivity contribution >= 4 is 47.1 Å². The quantitative estimate of drug-likeness (QED) is 0.360. The second-order valence-electron chi connectivity index (χ2n) is 7.36. The SMILES string of the molecule is CN=C(NCc1csc(C(C)C)n1)NC1CCN(c2ccc(C)cn2)CC1.I. The third-order valence-electron chi connectivity index (χ3n) is 4.78. The van der Waals surface area contributed by atoms with Crippen molar-refractivity contribution in [3.05, 3.63) is 40.0 Å². The van der Waals surface area contributed by atoms with E-state index >= 15 is 0 Å². The lowest BCUT2D eigenvalue weighted by molar-refractivity contribution is 0.459. The molecule has 1 saturated heterocycles. The van der Waals surface area contributed by atoms with Crippen molar-refractivity contribution in [2.75, 3.05) is 25.0 Å². The monoisotopic (exact) mass is 514 g/mol. The molecule has 1 fully saturated rings. The van der Waals surface area contributed by atoms with Gasteiger partial charge < -0.3 is 15.5 Å². The van der Waals surface area contributed by atoms with E-state index in [4.69, 9.17) is 0 Å². The van der Waals surface area contributed by atoms with E-state index in [9.17, 15) is 0 Å². The second kappa shape index (κ2) is 10.9. The molecule has 0 saturated carbocycles. The zero-order valence-corrected chi connectivity index (χ0v) is 20.3. The molecule has 0 spiro atoms. The summed E-state index contributed by atoms with van der Waals surface area (Å²) in [5, 5.41) is 10.3. The molecule has 0 aliphatic carbocycles. The number of rotatable bonds is 5. The van der Waals surface area contributed by atoms with Crippen molar-refractivity contribution in [1.82, 2.24) is 20.6 Å². The Kier molecular flexibility index (Phi) is 8.94. The molecule has 154 valence electrons. The Morgan fingerprint density at radius 2 is 2.07 bits per heavy atom. The van der Waals surface area contributed by atoms with Crippen LogP contribution in [0.4, 0.5) is 5.82 Å². The molecule has 8 heteroatoms. The van der Waals surface area contributed by atoms with Gasteiger partial charge in [-0.15, -0.1) is 35.3 Å². The largest absolute Gasteiger partial charge is 0.356 e. The molecule has 6 nitrogen and oxygen atoms in total. The normalized spacial score (nSPS) is 15.5. The highest BCUT2D eigenvalue weighted by Crippen LogP contribution is 2.19. The molecule has 0 bridgehead atoms. The van der Waals surface area contributed by atoms with E-state index in [-0.39, 0.29) is 24.0 Å². The first-order valence-corrected chi connectivity index (χ1v) is 10.5. The average molecular weight is 514 g/mol. The minimum Gasteiger partial charge on any atom is -0.356 e. The molecule has 3 heterocycles. The number of aliphatic imine (C=N–C) groups is 1. The standard InChI is InChI=1S/C20H30N6S.HI/c1-14(2)19-24-17(13-27-19)12-23-20(21-4)25-16-7-9-26(10-8-16)18-6-5-15(3)11-22-18;/h5-6,11,13-14,16H,7-10,12H2,1-4H3,(H2,21,23,25);1H. The summed E-state index contributed by atoms with van der Waals surface area (Å²) in [6.45, 7) is 9.14. The summed E-state index contributed by atoms with van der Waals surface area (Å²) in [7, 11) is 1.82. The van der Waals surface area contributed by atoms with Crippen molar-refractivity contribution in [3.63, 3.8) is 0 Å². The van der Waals surface area contributed by atoms with Crippen LogP contribution in [0.15, 0.2) is 28.7 Å². The van der Waals surface area contributed by atoms with Gasteiger partial charge in [-0.05, 0) is 31.4 Å². The molecular weight excluding hydrogens is 483 g/mol. The van der Waals surface area contributed by atoms with Gasteiger partial charge in [-0.3, -0.25) is 4.99 Å². The van der Waals surface area contributed by atoms with Gasteiger partial charge in [0.25, 0.3) is 0 Å². The molecule has 28 heavy (non-hydrogen) atoms. The number of hydrogen-bond acceptors (Lipinski definition) is 5. The summed E-state index contributed by atoms with van der Waals surface area (Å²) in [5.74, 6) is 2.40. The highest BCUT2D eigenvalue weighted by molar-refractivity contribution is 14.0. The van der Waals surface area contributed by atoms with E-state index < -0.39 is 0 Å². The number of nitrogens with one attached hydrogen (secondary N) is 2. The summed E-state index contributed by atoms with van der Waals surface area (Å²) in [4.78, 5) is 15.9. The third kappa shape index (κ3) is 6.30. The number of pyridine rings is 1. The Morgan fingerprint density at radius 3 is 2.64 bits per heavy atom. The number of hydrogen-bond donors (Lipinski definition) is 2. The highest BCUT2D eigenvalue weighted by Gasteiger charge is 2.21. The summed E-state index contributed by atoms with van der Waals surface area (Å²) < 4.78 is 0. The number of nitrogens with zero attached hydrogens (tertiary/aromatic N) is 4. The number of aryl methyl sites for hydroxylation is 1. The van der Waals surface area contributed by atoms with Crippen LogP contribution in [0.25, 0.3) is 0 Å². The van der Waals surface area contributed by atoms with Gasteiger partial charge in [-0.2, -0.15) is 0 Å². The fraction of sp³-hybridized carbons (Fsp3) is 0.550. The fourth-order valence-corrected chi connectivity index (χ4v) is 3.97. The minimum atomic E-state index is 0. The van der Waals surface area contributed by atoms with Crippen molar-refractivity contribution in [2.45, 2.75) is 52.1 Å². The maximum absolute atomic E-state index is 4.67. The molecular formula is C20H31IN6S. The van der Waals surface area contributed by atoms with Gasteiger partial charge in [0, 0.05) is 43.7 Å². The first-order valence-electron chi connectivity index (χ1n) is 9.64. The van der Waals surface area contributed by atoms with E-state index in [1.165, 1.54) is 10.6 Å². The lowest BCUT2D eigenvalue weighted by Crippen LogP contribution is -2.48. The lowest BCUT2D eigenvalue weighted by Gasteiger charge is -2.33. The van der Waals surface area contributed by atoms with Gasteiger partial charge in [0.15, 0.2) is 5.96 Å². The van der Waals surface area contributed by atoms with Crippen molar-refractivity contribution in [2.24, 2.45) is 4.99 Å². The molecule has 2 aromatic rings. The number of anilines is 1. The summed E-state index contributed by atoms with van der Waals surface area (Å²) in [5.41, 5.74) is 2.28. The maximum Gasteiger partial charge on any atom is 0.191 e. The number of aromatic nitrogens is 2. The molecule has 2 N–H and O–H groups in total. The molecule has 0 radical (unpaired) electrons. The number of halogens is 1. The lowest BCUT2D eigenvalue weighted by atomic mass is 10.1. The van der Waals surface area contributed by atoms with E-state index in [1.807, 2.05) is 13.2 Å². The predicted octanol–water partition coefficient (Wildman–Crippen LogP) is 3.92. The maximum atomic E-state index is 4.67. The summed E-state index contributed by atoms with van der Waals surface area (Å²) >= 11 is 1.73. The molecule has 2 aromatic heterocycles. The van der Waals surface area contributed by atoms with Gasteiger partial charge in [0.2, 0.25) is 0 Å². The Hall–Kier alpha value is -1.42. The second-order valence-corrected chi connectivity index (χ2v) is 8.25. The van der Waals surface area contributed by atoms with E-state index in [2.05, 4.69) is 68.8 Å². The Bertz CT molecular complexity index is 750. The van der Waals surface area contributed by atoms with Crippen LogP contribution in [-0.4, -0.2) is 42.1 Å². The molecule has 0 unspecified atom stereocenters. The van der Waals surface area contributed by atoms with Gasteiger partial charge >= 0.3 is 0 Å². The van der Waals surface area contributed by atoms with Crippen LogP contribution in [0.5, 0.6) is 0 Å². The predicted molar refractivity (Wildman–Crippen MR) is 129 cm³/mol. The van der Waals surface area contributed by atoms with E-state index in [0.717, 1.165) is 43.4 Å². The fourth-order valence-electron chi connectivity index (χ4n) is 3.13. The van der Waals surface area contributed by atoms with E-state index in [0.29, 0.717) is 18.5 Å². The van der Waals surface area contributed by atoms with Crippen LogP contribution in [0.3, 0.4) is 0 Å². The molecule has 3 rings (SSSR count).